The largest absolute Gasteiger partial charge is 0.619 e. The molecule has 0 saturated heterocycles. The fraction of sp³-hybridized carbons (Fsp3) is 0.100. The zero-order valence-corrected chi connectivity index (χ0v) is 14.7. The van der Waals surface area contributed by atoms with E-state index in [-0.39, 0.29) is 11.7 Å². The molecule has 0 saturated carbocycles. The summed E-state index contributed by atoms with van der Waals surface area (Å²) < 4.78 is 13.8. The average molecular weight is 377 g/mol. The van der Waals surface area contributed by atoms with Gasteiger partial charge in [-0.2, -0.15) is 4.73 Å². The van der Waals surface area contributed by atoms with E-state index < -0.39 is 0 Å². The highest BCUT2D eigenvalue weighted by molar-refractivity contribution is 6.04. The predicted octanol–water partition coefficient (Wildman–Crippen LogP) is 2.37. The molecule has 4 aromatic rings. The first-order chi connectivity index (χ1) is 13.6. The Morgan fingerprint density at radius 2 is 1.89 bits per heavy atom. The lowest BCUT2D eigenvalue weighted by molar-refractivity contribution is -0.605. The minimum absolute atomic E-state index is 0.264. The van der Waals surface area contributed by atoms with E-state index in [0.717, 1.165) is 5.56 Å². The zero-order chi connectivity index (χ0) is 19.5. The summed E-state index contributed by atoms with van der Waals surface area (Å²) in [6, 6.07) is 11.0. The van der Waals surface area contributed by atoms with Crippen LogP contribution in [0.3, 0.4) is 0 Å². The SMILES string of the molecule is O=C(NCCc1cc[n+]([O-])cc1)c1ccnc2[nH]c(-c3ccc(F)cc3)nc12. The van der Waals surface area contributed by atoms with Crippen LogP contribution in [0.25, 0.3) is 22.6 Å². The van der Waals surface area contributed by atoms with E-state index in [9.17, 15) is 14.4 Å². The van der Waals surface area contributed by atoms with Crippen LogP contribution in [0, 0.1) is 11.0 Å². The molecule has 0 aliphatic carbocycles. The second kappa shape index (κ2) is 7.43. The zero-order valence-electron chi connectivity index (χ0n) is 14.7. The van der Waals surface area contributed by atoms with Crippen molar-refractivity contribution < 1.29 is 13.9 Å². The highest BCUT2D eigenvalue weighted by Crippen LogP contribution is 2.21. The monoisotopic (exact) mass is 377 g/mol. The number of fused-ring (bicyclic) bond motifs is 1. The number of rotatable bonds is 5. The number of hydrogen-bond acceptors (Lipinski definition) is 4. The highest BCUT2D eigenvalue weighted by Gasteiger charge is 2.15. The molecule has 0 atom stereocenters. The summed E-state index contributed by atoms with van der Waals surface area (Å²) in [5.41, 5.74) is 2.98. The quantitative estimate of drug-likeness (QED) is 0.412. The summed E-state index contributed by atoms with van der Waals surface area (Å²) in [6.45, 7) is 0.417. The fourth-order valence-corrected chi connectivity index (χ4v) is 2.86. The number of aromatic nitrogens is 4. The van der Waals surface area contributed by atoms with Crippen molar-refractivity contribution in [2.75, 3.05) is 6.54 Å². The lowest BCUT2D eigenvalue weighted by atomic mass is 10.2. The Kier molecular flexibility index (Phi) is 4.67. The normalized spacial score (nSPS) is 10.9. The van der Waals surface area contributed by atoms with Crippen LogP contribution < -0.4 is 10.0 Å². The molecular weight excluding hydrogens is 361 g/mol. The van der Waals surface area contributed by atoms with Gasteiger partial charge in [0.2, 0.25) is 0 Å². The van der Waals surface area contributed by atoms with Crippen molar-refractivity contribution in [1.82, 2.24) is 20.3 Å². The Morgan fingerprint density at radius 3 is 2.64 bits per heavy atom. The maximum atomic E-state index is 13.1. The van der Waals surface area contributed by atoms with Crippen molar-refractivity contribution in [3.05, 3.63) is 83.2 Å². The summed E-state index contributed by atoms with van der Waals surface area (Å²) >= 11 is 0. The summed E-state index contributed by atoms with van der Waals surface area (Å²) in [4.78, 5) is 24.3. The molecule has 3 aromatic heterocycles. The number of imidazole rings is 1. The number of H-pyrrole nitrogens is 1. The van der Waals surface area contributed by atoms with Crippen molar-refractivity contribution in [3.8, 4) is 11.4 Å². The summed E-state index contributed by atoms with van der Waals surface area (Å²) in [7, 11) is 0. The molecule has 0 bridgehead atoms. The lowest BCUT2D eigenvalue weighted by Crippen LogP contribution is -2.27. The number of aromatic amines is 1. The number of pyridine rings is 2. The summed E-state index contributed by atoms with van der Waals surface area (Å²) in [6.07, 6.45) is 4.98. The van der Waals surface area contributed by atoms with Crippen LogP contribution in [0.15, 0.2) is 61.1 Å². The van der Waals surface area contributed by atoms with Crippen molar-refractivity contribution in [1.29, 1.82) is 0 Å². The molecule has 1 amide bonds. The van der Waals surface area contributed by atoms with Gasteiger partial charge in [-0.15, -0.1) is 0 Å². The third-order valence-corrected chi connectivity index (χ3v) is 4.32. The van der Waals surface area contributed by atoms with Gasteiger partial charge >= 0.3 is 0 Å². The van der Waals surface area contributed by atoms with Crippen LogP contribution >= 0.6 is 0 Å². The molecule has 4 rings (SSSR count). The fourth-order valence-electron chi connectivity index (χ4n) is 2.86. The van der Waals surface area contributed by atoms with Gasteiger partial charge in [0.25, 0.3) is 5.91 Å². The molecule has 140 valence electrons. The van der Waals surface area contributed by atoms with Gasteiger partial charge in [-0.25, -0.2) is 14.4 Å². The molecule has 3 heterocycles. The number of benzene rings is 1. The Bertz CT molecular complexity index is 1120. The Labute approximate surface area is 159 Å². The van der Waals surface area contributed by atoms with Gasteiger partial charge in [0.05, 0.1) is 5.56 Å². The first kappa shape index (κ1) is 17.6. The molecule has 0 aliphatic rings. The number of carbonyl (C=O) groups excluding carboxylic acids is 1. The van der Waals surface area contributed by atoms with Gasteiger partial charge in [0, 0.05) is 30.4 Å². The van der Waals surface area contributed by atoms with Gasteiger partial charge in [0.1, 0.15) is 17.2 Å². The third kappa shape index (κ3) is 3.66. The molecule has 7 nitrogen and oxygen atoms in total. The van der Waals surface area contributed by atoms with E-state index in [1.165, 1.54) is 30.7 Å². The smallest absolute Gasteiger partial charge is 0.253 e. The van der Waals surface area contributed by atoms with E-state index >= 15 is 0 Å². The number of carbonyl (C=O) groups is 1. The van der Waals surface area contributed by atoms with E-state index in [0.29, 0.717) is 45.8 Å². The molecule has 2 N–H and O–H groups in total. The van der Waals surface area contributed by atoms with Crippen LogP contribution in [-0.2, 0) is 6.42 Å². The number of halogens is 1. The van der Waals surface area contributed by atoms with Gasteiger partial charge in [-0.3, -0.25) is 4.79 Å². The van der Waals surface area contributed by atoms with Crippen molar-refractivity contribution in [3.63, 3.8) is 0 Å². The molecule has 0 radical (unpaired) electrons. The topological polar surface area (TPSA) is 97.6 Å². The molecule has 1 aromatic carbocycles. The van der Waals surface area contributed by atoms with Crippen LogP contribution in [0.4, 0.5) is 4.39 Å². The van der Waals surface area contributed by atoms with Crippen molar-refractivity contribution >= 4 is 17.1 Å². The summed E-state index contributed by atoms with van der Waals surface area (Å²) in [5, 5.41) is 13.9. The molecule has 0 unspecified atom stereocenters. The molecule has 8 heteroatoms. The minimum Gasteiger partial charge on any atom is -0.619 e. The highest BCUT2D eigenvalue weighted by atomic mass is 19.1. The third-order valence-electron chi connectivity index (χ3n) is 4.32. The summed E-state index contributed by atoms with van der Waals surface area (Å²) in [5.74, 6) is -0.0844. The molecule has 0 fully saturated rings. The molecule has 28 heavy (non-hydrogen) atoms. The number of hydrogen-bond donors (Lipinski definition) is 2. The van der Waals surface area contributed by atoms with Crippen LogP contribution in [0.2, 0.25) is 0 Å². The first-order valence-electron chi connectivity index (χ1n) is 8.67. The number of nitrogens with zero attached hydrogens (tertiary/aromatic N) is 3. The van der Waals surface area contributed by atoms with E-state index in [1.54, 1.807) is 30.3 Å². The van der Waals surface area contributed by atoms with E-state index in [2.05, 4.69) is 20.3 Å². The van der Waals surface area contributed by atoms with Gasteiger partial charge in [-0.05, 0) is 42.3 Å². The maximum absolute atomic E-state index is 13.1. The number of amides is 1. The van der Waals surface area contributed by atoms with E-state index in [1.807, 2.05) is 0 Å². The van der Waals surface area contributed by atoms with Gasteiger partial charge in [-0.1, -0.05) is 0 Å². The van der Waals surface area contributed by atoms with E-state index in [4.69, 9.17) is 0 Å². The Morgan fingerprint density at radius 1 is 1.14 bits per heavy atom. The minimum atomic E-state index is -0.332. The van der Waals surface area contributed by atoms with Crippen LogP contribution in [0.1, 0.15) is 15.9 Å². The molecule has 0 aliphatic heterocycles. The van der Waals surface area contributed by atoms with Crippen LogP contribution in [-0.4, -0.2) is 27.4 Å². The van der Waals surface area contributed by atoms with Crippen molar-refractivity contribution in [2.24, 2.45) is 0 Å². The van der Waals surface area contributed by atoms with Crippen molar-refractivity contribution in [2.45, 2.75) is 6.42 Å². The lowest BCUT2D eigenvalue weighted by Gasteiger charge is -2.05. The second-order valence-electron chi connectivity index (χ2n) is 6.22. The van der Waals surface area contributed by atoms with Crippen LogP contribution in [0.5, 0.6) is 0 Å². The average Bonchev–Trinajstić information content (AvgIpc) is 3.14. The van der Waals surface area contributed by atoms with Gasteiger partial charge < -0.3 is 15.5 Å². The number of nitrogens with one attached hydrogen (secondary N) is 2. The van der Waals surface area contributed by atoms with Gasteiger partial charge in [0.15, 0.2) is 18.0 Å². The second-order valence-corrected chi connectivity index (χ2v) is 6.22. The Balaban J connectivity index is 1.52. The standard InChI is InChI=1S/C20H16FN5O2/c21-15-3-1-14(2-4-15)18-24-17-16(6-10-22-19(17)25-18)20(27)23-9-5-13-7-11-26(28)12-8-13/h1-4,6-8,10-12H,5,9H2,(H,23,27)(H,22,24,25). The molecular formula is C20H16FN5O2. The predicted molar refractivity (Wildman–Crippen MR) is 101 cm³/mol. The maximum Gasteiger partial charge on any atom is 0.253 e. The Hall–Kier alpha value is -3.81. The first-order valence-corrected chi connectivity index (χ1v) is 8.67. The molecule has 0 spiro atoms.